The molecule has 0 bridgehead atoms. The average Bonchev–Trinajstić information content (AvgIpc) is 2.24. The van der Waals surface area contributed by atoms with Crippen LogP contribution >= 0.6 is 0 Å². The van der Waals surface area contributed by atoms with Gasteiger partial charge in [0, 0.05) is 0 Å². The Balaban J connectivity index is 3.09. The number of hydrogen-bond donors (Lipinski definition) is 1. The first kappa shape index (κ1) is 14.3. The van der Waals surface area contributed by atoms with Crippen LogP contribution in [0.5, 0.6) is 5.75 Å². The van der Waals surface area contributed by atoms with Gasteiger partial charge in [-0.1, -0.05) is 13.8 Å². The summed E-state index contributed by atoms with van der Waals surface area (Å²) in [5.74, 6) is -1.35. The standard InChI is InChI=1S/C12H13F3O3/c1-7(2)6-18-10-4-3-8(12(13,14)15)5-9(10)11(16)17/h3-5,7H,6H2,1-2H3,(H,16,17). The van der Waals surface area contributed by atoms with E-state index in [4.69, 9.17) is 9.84 Å². The summed E-state index contributed by atoms with van der Waals surface area (Å²) in [4.78, 5) is 10.9. The van der Waals surface area contributed by atoms with Crippen LogP contribution in [0.3, 0.4) is 0 Å². The summed E-state index contributed by atoms with van der Waals surface area (Å²) in [5.41, 5.74) is -1.48. The van der Waals surface area contributed by atoms with E-state index in [0.29, 0.717) is 6.07 Å². The minimum absolute atomic E-state index is 0.0517. The maximum atomic E-state index is 12.4. The Labute approximate surface area is 102 Å². The molecule has 0 aliphatic heterocycles. The number of carboxylic acid groups (broad SMARTS) is 1. The molecule has 6 heteroatoms. The Morgan fingerprint density at radius 1 is 1.39 bits per heavy atom. The SMILES string of the molecule is CC(C)COc1ccc(C(F)(F)F)cc1C(=O)O. The van der Waals surface area contributed by atoms with Crippen molar-refractivity contribution in [2.45, 2.75) is 20.0 Å². The van der Waals surface area contributed by atoms with Crippen LogP contribution in [0.25, 0.3) is 0 Å². The molecule has 0 heterocycles. The second kappa shape index (κ2) is 5.29. The first-order valence-corrected chi connectivity index (χ1v) is 5.29. The van der Waals surface area contributed by atoms with Crippen molar-refractivity contribution in [3.05, 3.63) is 29.3 Å². The number of benzene rings is 1. The highest BCUT2D eigenvalue weighted by Gasteiger charge is 2.32. The van der Waals surface area contributed by atoms with E-state index in [-0.39, 0.29) is 18.3 Å². The fourth-order valence-electron chi connectivity index (χ4n) is 1.26. The van der Waals surface area contributed by atoms with Crippen molar-refractivity contribution < 1.29 is 27.8 Å². The quantitative estimate of drug-likeness (QED) is 0.904. The third-order valence-corrected chi connectivity index (χ3v) is 2.11. The van der Waals surface area contributed by atoms with Gasteiger partial charge in [0.15, 0.2) is 0 Å². The predicted molar refractivity (Wildman–Crippen MR) is 58.7 cm³/mol. The Morgan fingerprint density at radius 2 is 2.00 bits per heavy atom. The lowest BCUT2D eigenvalue weighted by Gasteiger charge is -2.13. The predicted octanol–water partition coefficient (Wildman–Crippen LogP) is 3.44. The van der Waals surface area contributed by atoms with Gasteiger partial charge in [-0.2, -0.15) is 13.2 Å². The largest absolute Gasteiger partial charge is 0.492 e. The molecule has 1 aromatic rings. The van der Waals surface area contributed by atoms with Crippen molar-refractivity contribution in [2.75, 3.05) is 6.61 Å². The van der Waals surface area contributed by atoms with E-state index < -0.39 is 23.3 Å². The third kappa shape index (κ3) is 3.65. The summed E-state index contributed by atoms with van der Waals surface area (Å²) in [6.07, 6.45) is -4.57. The molecule has 0 fully saturated rings. The van der Waals surface area contributed by atoms with Crippen molar-refractivity contribution in [3.8, 4) is 5.75 Å². The summed E-state index contributed by atoms with van der Waals surface area (Å²) < 4.78 is 42.5. The molecule has 1 N–H and O–H groups in total. The van der Waals surface area contributed by atoms with E-state index in [0.717, 1.165) is 12.1 Å². The van der Waals surface area contributed by atoms with Crippen molar-refractivity contribution in [2.24, 2.45) is 5.92 Å². The molecule has 0 atom stereocenters. The van der Waals surface area contributed by atoms with Gasteiger partial charge < -0.3 is 9.84 Å². The molecule has 0 aliphatic rings. The zero-order valence-electron chi connectivity index (χ0n) is 9.91. The maximum Gasteiger partial charge on any atom is 0.416 e. The van der Waals surface area contributed by atoms with Crippen molar-refractivity contribution in [1.82, 2.24) is 0 Å². The minimum Gasteiger partial charge on any atom is -0.492 e. The van der Waals surface area contributed by atoms with Gasteiger partial charge in [-0.3, -0.25) is 0 Å². The number of ether oxygens (including phenoxy) is 1. The summed E-state index contributed by atoms with van der Waals surface area (Å²) >= 11 is 0. The highest BCUT2D eigenvalue weighted by atomic mass is 19.4. The van der Waals surface area contributed by atoms with E-state index >= 15 is 0 Å². The maximum absolute atomic E-state index is 12.4. The van der Waals surface area contributed by atoms with E-state index in [9.17, 15) is 18.0 Å². The number of alkyl halides is 3. The summed E-state index contributed by atoms with van der Waals surface area (Å²) in [6, 6.07) is 2.43. The second-order valence-corrected chi connectivity index (χ2v) is 4.22. The molecule has 0 radical (unpaired) electrons. The molecule has 1 rings (SSSR count). The number of carbonyl (C=O) groups is 1. The average molecular weight is 262 g/mol. The molecule has 3 nitrogen and oxygen atoms in total. The van der Waals surface area contributed by atoms with Gasteiger partial charge in [-0.25, -0.2) is 4.79 Å². The normalized spacial score (nSPS) is 11.7. The van der Waals surface area contributed by atoms with Gasteiger partial charge in [0.2, 0.25) is 0 Å². The van der Waals surface area contributed by atoms with E-state index in [2.05, 4.69) is 0 Å². The zero-order valence-corrected chi connectivity index (χ0v) is 9.91. The Kier molecular flexibility index (Phi) is 4.21. The first-order valence-electron chi connectivity index (χ1n) is 5.29. The summed E-state index contributed by atoms with van der Waals surface area (Å²) in [5, 5.41) is 8.87. The number of rotatable bonds is 4. The van der Waals surface area contributed by atoms with Crippen LogP contribution < -0.4 is 4.74 Å². The number of halogens is 3. The van der Waals surface area contributed by atoms with Gasteiger partial charge >= 0.3 is 12.1 Å². The van der Waals surface area contributed by atoms with Gasteiger partial charge in [-0.05, 0) is 24.1 Å². The monoisotopic (exact) mass is 262 g/mol. The molecule has 0 unspecified atom stereocenters. The first-order chi connectivity index (χ1) is 8.21. The molecule has 1 aromatic carbocycles. The minimum atomic E-state index is -4.57. The lowest BCUT2D eigenvalue weighted by Crippen LogP contribution is -2.11. The lowest BCUT2D eigenvalue weighted by molar-refractivity contribution is -0.137. The molecule has 0 spiro atoms. The van der Waals surface area contributed by atoms with Gasteiger partial charge in [0.1, 0.15) is 11.3 Å². The molecule has 0 saturated carbocycles. The topological polar surface area (TPSA) is 46.5 Å². The number of carboxylic acids is 1. The second-order valence-electron chi connectivity index (χ2n) is 4.22. The Bertz CT molecular complexity index is 439. The lowest BCUT2D eigenvalue weighted by atomic mass is 10.1. The number of aromatic carboxylic acids is 1. The fourth-order valence-corrected chi connectivity index (χ4v) is 1.26. The van der Waals surface area contributed by atoms with Crippen LogP contribution in [0.1, 0.15) is 29.8 Å². The third-order valence-electron chi connectivity index (χ3n) is 2.11. The van der Waals surface area contributed by atoms with Gasteiger partial charge in [0.25, 0.3) is 0 Å². The molecule has 18 heavy (non-hydrogen) atoms. The molecular formula is C12H13F3O3. The molecule has 0 amide bonds. The summed E-state index contributed by atoms with van der Waals surface area (Å²) in [7, 11) is 0. The van der Waals surface area contributed by atoms with Crippen LogP contribution in [0, 0.1) is 5.92 Å². The molecule has 0 aliphatic carbocycles. The van der Waals surface area contributed by atoms with E-state index in [1.807, 2.05) is 13.8 Å². The Morgan fingerprint density at radius 3 is 2.44 bits per heavy atom. The summed E-state index contributed by atoms with van der Waals surface area (Å²) in [6.45, 7) is 3.95. The van der Waals surface area contributed by atoms with Crippen LogP contribution in [-0.4, -0.2) is 17.7 Å². The van der Waals surface area contributed by atoms with Gasteiger partial charge in [0.05, 0.1) is 12.2 Å². The Hall–Kier alpha value is -1.72. The van der Waals surface area contributed by atoms with Crippen LogP contribution in [-0.2, 0) is 6.18 Å². The van der Waals surface area contributed by atoms with Crippen LogP contribution in [0.15, 0.2) is 18.2 Å². The van der Waals surface area contributed by atoms with Gasteiger partial charge in [-0.15, -0.1) is 0 Å². The van der Waals surface area contributed by atoms with Crippen molar-refractivity contribution >= 4 is 5.97 Å². The van der Waals surface area contributed by atoms with Crippen LogP contribution in [0.4, 0.5) is 13.2 Å². The molecule has 0 aromatic heterocycles. The molecule has 100 valence electrons. The zero-order chi connectivity index (χ0) is 13.9. The molecule has 0 saturated heterocycles. The highest BCUT2D eigenvalue weighted by Crippen LogP contribution is 2.32. The van der Waals surface area contributed by atoms with E-state index in [1.165, 1.54) is 0 Å². The number of hydrogen-bond acceptors (Lipinski definition) is 2. The van der Waals surface area contributed by atoms with E-state index in [1.54, 1.807) is 0 Å². The highest BCUT2D eigenvalue weighted by molar-refractivity contribution is 5.91. The fraction of sp³-hybridized carbons (Fsp3) is 0.417. The van der Waals surface area contributed by atoms with Crippen molar-refractivity contribution in [1.29, 1.82) is 0 Å². The van der Waals surface area contributed by atoms with Crippen LogP contribution in [0.2, 0.25) is 0 Å². The smallest absolute Gasteiger partial charge is 0.416 e. The van der Waals surface area contributed by atoms with Crippen molar-refractivity contribution in [3.63, 3.8) is 0 Å². The molecular weight excluding hydrogens is 249 g/mol.